The molecule has 18 heavy (non-hydrogen) atoms. The number of amides is 1. The highest BCUT2D eigenvalue weighted by Gasteiger charge is 2.22. The van der Waals surface area contributed by atoms with Crippen molar-refractivity contribution in [1.29, 1.82) is 0 Å². The van der Waals surface area contributed by atoms with E-state index in [1.807, 2.05) is 31.0 Å². The molecule has 0 unspecified atom stereocenters. The van der Waals surface area contributed by atoms with Gasteiger partial charge in [-0.15, -0.1) is 0 Å². The van der Waals surface area contributed by atoms with E-state index in [-0.39, 0.29) is 11.9 Å². The molecule has 1 aromatic rings. The van der Waals surface area contributed by atoms with Gasteiger partial charge < -0.3 is 4.90 Å². The van der Waals surface area contributed by atoms with E-state index in [9.17, 15) is 4.79 Å². The van der Waals surface area contributed by atoms with Crippen molar-refractivity contribution in [3.63, 3.8) is 0 Å². The van der Waals surface area contributed by atoms with Gasteiger partial charge in [-0.3, -0.25) is 9.48 Å². The number of likely N-dealkylation sites (N-methyl/N-ethyl adjacent to an activating group) is 1. The largest absolute Gasteiger partial charge is 0.341 e. The quantitative estimate of drug-likeness (QED) is 0.747. The molecule has 0 bridgehead atoms. The van der Waals surface area contributed by atoms with E-state index in [0.29, 0.717) is 5.92 Å². The summed E-state index contributed by atoms with van der Waals surface area (Å²) in [6.07, 6.45) is 5.79. The average molecular weight is 251 g/mol. The third-order valence-electron chi connectivity index (χ3n) is 3.61. The van der Waals surface area contributed by atoms with E-state index in [0.717, 1.165) is 25.9 Å². The van der Waals surface area contributed by atoms with Gasteiger partial charge in [-0.05, 0) is 25.8 Å². The van der Waals surface area contributed by atoms with Crippen LogP contribution in [0.2, 0.25) is 0 Å². The molecule has 0 fully saturated rings. The van der Waals surface area contributed by atoms with Crippen molar-refractivity contribution in [1.82, 2.24) is 14.7 Å². The van der Waals surface area contributed by atoms with E-state index < -0.39 is 0 Å². The Balaban J connectivity index is 2.67. The van der Waals surface area contributed by atoms with Gasteiger partial charge in [0.15, 0.2) is 0 Å². The molecule has 0 aliphatic carbocycles. The van der Waals surface area contributed by atoms with Gasteiger partial charge >= 0.3 is 0 Å². The van der Waals surface area contributed by atoms with Gasteiger partial charge in [0.2, 0.25) is 5.91 Å². The molecule has 0 saturated carbocycles. The summed E-state index contributed by atoms with van der Waals surface area (Å²) in [6, 6.07) is 1.63. The van der Waals surface area contributed by atoms with Crippen LogP contribution in [0.15, 0.2) is 18.5 Å². The predicted octanol–water partition coefficient (Wildman–Crippen LogP) is 2.73. The molecular weight excluding hydrogens is 226 g/mol. The molecule has 0 spiro atoms. The Bertz CT molecular complexity index is 344. The Labute approximate surface area is 110 Å². The molecule has 0 radical (unpaired) electrons. The van der Waals surface area contributed by atoms with E-state index >= 15 is 0 Å². The van der Waals surface area contributed by atoms with Gasteiger partial charge in [0.25, 0.3) is 0 Å². The van der Waals surface area contributed by atoms with E-state index in [4.69, 9.17) is 0 Å². The molecule has 0 aliphatic rings. The Morgan fingerprint density at radius 1 is 1.33 bits per heavy atom. The lowest BCUT2D eigenvalue weighted by Gasteiger charge is -2.28. The smallest absolute Gasteiger partial charge is 0.247 e. The van der Waals surface area contributed by atoms with Gasteiger partial charge in [-0.25, -0.2) is 0 Å². The van der Waals surface area contributed by atoms with Crippen molar-refractivity contribution in [2.24, 2.45) is 5.92 Å². The van der Waals surface area contributed by atoms with Gasteiger partial charge in [0.05, 0.1) is 0 Å². The molecule has 1 amide bonds. The van der Waals surface area contributed by atoms with Crippen molar-refractivity contribution in [3.05, 3.63) is 18.5 Å². The van der Waals surface area contributed by atoms with Gasteiger partial charge in [-0.1, -0.05) is 26.7 Å². The summed E-state index contributed by atoms with van der Waals surface area (Å²) < 4.78 is 1.72. The second-order valence-corrected chi connectivity index (χ2v) is 4.72. The van der Waals surface area contributed by atoms with Crippen LogP contribution in [0.3, 0.4) is 0 Å². The number of hydrogen-bond acceptors (Lipinski definition) is 2. The monoisotopic (exact) mass is 251 g/mol. The number of aromatic nitrogens is 2. The molecule has 1 heterocycles. The summed E-state index contributed by atoms with van der Waals surface area (Å²) in [5.74, 6) is 0.756. The van der Waals surface area contributed by atoms with Crippen LogP contribution < -0.4 is 0 Å². The fourth-order valence-corrected chi connectivity index (χ4v) is 2.12. The first-order valence-electron chi connectivity index (χ1n) is 6.91. The van der Waals surface area contributed by atoms with Crippen LogP contribution in [-0.2, 0) is 4.79 Å². The van der Waals surface area contributed by atoms with Crippen molar-refractivity contribution in [2.75, 3.05) is 13.1 Å². The Kier molecular flexibility index (Phi) is 5.89. The SMILES string of the molecule is CCC(CC)CN(CC)C(=O)[C@H](C)n1cccn1. The van der Waals surface area contributed by atoms with Crippen LogP contribution in [0.25, 0.3) is 0 Å². The second-order valence-electron chi connectivity index (χ2n) is 4.72. The molecule has 102 valence electrons. The first-order chi connectivity index (χ1) is 8.63. The topological polar surface area (TPSA) is 38.1 Å². The highest BCUT2D eigenvalue weighted by atomic mass is 16.2. The number of nitrogens with zero attached hydrogens (tertiary/aromatic N) is 3. The lowest BCUT2D eigenvalue weighted by molar-refractivity contribution is -0.135. The summed E-state index contributed by atoms with van der Waals surface area (Å²) in [6.45, 7) is 9.93. The molecule has 4 nitrogen and oxygen atoms in total. The lowest BCUT2D eigenvalue weighted by Crippen LogP contribution is -2.39. The first-order valence-corrected chi connectivity index (χ1v) is 6.91. The number of rotatable bonds is 7. The van der Waals surface area contributed by atoms with Crippen molar-refractivity contribution in [2.45, 2.75) is 46.6 Å². The van der Waals surface area contributed by atoms with E-state index in [1.54, 1.807) is 10.9 Å². The Hall–Kier alpha value is -1.32. The molecule has 0 N–H and O–H groups in total. The number of hydrogen-bond donors (Lipinski definition) is 0. The van der Waals surface area contributed by atoms with Crippen LogP contribution in [0, 0.1) is 5.92 Å². The van der Waals surface area contributed by atoms with Crippen LogP contribution in [-0.4, -0.2) is 33.7 Å². The fraction of sp³-hybridized carbons (Fsp3) is 0.714. The first kappa shape index (κ1) is 14.7. The van der Waals surface area contributed by atoms with Gasteiger partial charge in [-0.2, -0.15) is 5.10 Å². The van der Waals surface area contributed by atoms with Crippen molar-refractivity contribution < 1.29 is 4.79 Å². The zero-order valence-corrected chi connectivity index (χ0v) is 12.0. The van der Waals surface area contributed by atoms with Gasteiger partial charge in [0, 0.05) is 25.5 Å². The van der Waals surface area contributed by atoms with Crippen LogP contribution in [0.5, 0.6) is 0 Å². The van der Waals surface area contributed by atoms with Crippen molar-refractivity contribution in [3.8, 4) is 0 Å². The maximum absolute atomic E-state index is 12.4. The average Bonchev–Trinajstić information content (AvgIpc) is 2.92. The summed E-state index contributed by atoms with van der Waals surface area (Å²) >= 11 is 0. The molecule has 1 rings (SSSR count). The van der Waals surface area contributed by atoms with E-state index in [2.05, 4.69) is 18.9 Å². The molecule has 1 atom stereocenters. The van der Waals surface area contributed by atoms with Gasteiger partial charge in [0.1, 0.15) is 6.04 Å². The molecule has 0 aliphatic heterocycles. The minimum Gasteiger partial charge on any atom is -0.341 e. The third-order valence-corrected chi connectivity index (χ3v) is 3.61. The number of carbonyl (C=O) groups is 1. The minimum atomic E-state index is -0.214. The Morgan fingerprint density at radius 3 is 2.44 bits per heavy atom. The number of carbonyl (C=O) groups excluding carboxylic acids is 1. The summed E-state index contributed by atoms with van der Waals surface area (Å²) in [5.41, 5.74) is 0. The molecule has 4 heteroatoms. The van der Waals surface area contributed by atoms with Crippen LogP contribution in [0.1, 0.15) is 46.6 Å². The second kappa shape index (κ2) is 7.19. The highest BCUT2D eigenvalue weighted by Crippen LogP contribution is 2.14. The standard InChI is InChI=1S/C14H25N3O/c1-5-13(6-2)11-16(7-3)14(18)12(4)17-10-8-9-15-17/h8-10,12-13H,5-7,11H2,1-4H3/t12-/m0/s1. The van der Waals surface area contributed by atoms with Crippen LogP contribution in [0.4, 0.5) is 0 Å². The highest BCUT2D eigenvalue weighted by molar-refractivity contribution is 5.79. The van der Waals surface area contributed by atoms with E-state index in [1.165, 1.54) is 0 Å². The predicted molar refractivity (Wildman–Crippen MR) is 73.3 cm³/mol. The normalized spacial score (nSPS) is 12.7. The minimum absolute atomic E-state index is 0.160. The maximum Gasteiger partial charge on any atom is 0.247 e. The summed E-state index contributed by atoms with van der Waals surface area (Å²) in [5, 5.41) is 4.14. The third kappa shape index (κ3) is 3.59. The summed E-state index contributed by atoms with van der Waals surface area (Å²) in [4.78, 5) is 14.4. The lowest BCUT2D eigenvalue weighted by atomic mass is 10.0. The Morgan fingerprint density at radius 2 is 2.00 bits per heavy atom. The zero-order valence-electron chi connectivity index (χ0n) is 12.0. The maximum atomic E-state index is 12.4. The molecule has 0 saturated heterocycles. The molecule has 0 aromatic carbocycles. The van der Waals surface area contributed by atoms with Crippen LogP contribution >= 0.6 is 0 Å². The van der Waals surface area contributed by atoms with Crippen molar-refractivity contribution >= 4 is 5.91 Å². The molecular formula is C14H25N3O. The summed E-state index contributed by atoms with van der Waals surface area (Å²) in [7, 11) is 0. The zero-order chi connectivity index (χ0) is 13.5. The molecule has 1 aromatic heterocycles. The fourth-order valence-electron chi connectivity index (χ4n) is 2.12.